The van der Waals surface area contributed by atoms with Crippen molar-refractivity contribution in [3.8, 4) is 0 Å². The number of esters is 2. The van der Waals surface area contributed by atoms with Crippen molar-refractivity contribution >= 4 is 23.5 Å². The van der Waals surface area contributed by atoms with E-state index in [4.69, 9.17) is 25.8 Å². The summed E-state index contributed by atoms with van der Waals surface area (Å²) in [5, 5.41) is 0. The largest absolute Gasteiger partial charge is 0.462 e. The first-order chi connectivity index (χ1) is 17.4. The Morgan fingerprint density at radius 2 is 1.70 bits per heavy atom. The van der Waals surface area contributed by atoms with Crippen LogP contribution in [0.3, 0.4) is 0 Å². The van der Waals surface area contributed by atoms with Crippen LogP contribution in [0.15, 0.2) is 0 Å². The summed E-state index contributed by atoms with van der Waals surface area (Å²) in [5.74, 6) is 3.37. The molecule has 5 rings (SSSR count). The minimum Gasteiger partial charge on any atom is -0.462 e. The molecule has 0 amide bonds. The molecule has 2 bridgehead atoms. The summed E-state index contributed by atoms with van der Waals surface area (Å²) in [7, 11) is 0. The lowest BCUT2D eigenvalue weighted by atomic mass is 9.43. The van der Waals surface area contributed by atoms with Gasteiger partial charge in [-0.2, -0.15) is 0 Å². The molecule has 5 fully saturated rings. The monoisotopic (exact) mass is 536 g/mol. The van der Waals surface area contributed by atoms with Crippen LogP contribution in [0.1, 0.15) is 112 Å². The quantitative estimate of drug-likeness (QED) is 0.253. The third kappa shape index (κ3) is 4.37. The molecule has 0 aromatic heterocycles. The summed E-state index contributed by atoms with van der Waals surface area (Å²) in [5.41, 5.74) is -0.0422. The Labute approximate surface area is 229 Å². The van der Waals surface area contributed by atoms with Crippen LogP contribution < -0.4 is 0 Å². The number of fused-ring (bicyclic) bond motifs is 3. The normalized spacial score (nSPS) is 47.1. The summed E-state index contributed by atoms with van der Waals surface area (Å²) in [4.78, 5) is 23.3. The van der Waals surface area contributed by atoms with Gasteiger partial charge in [0.1, 0.15) is 6.10 Å². The van der Waals surface area contributed by atoms with Crippen LogP contribution in [0.25, 0.3) is 0 Å². The highest BCUT2D eigenvalue weighted by Crippen LogP contribution is 2.74. The summed E-state index contributed by atoms with van der Waals surface area (Å²) in [6.45, 7) is 12.7. The highest BCUT2D eigenvalue weighted by atomic mass is 35.5. The Kier molecular flexibility index (Phi) is 7.49. The van der Waals surface area contributed by atoms with Crippen LogP contribution in [-0.4, -0.2) is 35.3 Å². The number of rotatable bonds is 7. The van der Waals surface area contributed by atoms with Gasteiger partial charge in [-0.1, -0.05) is 47.0 Å². The van der Waals surface area contributed by atoms with E-state index in [1.54, 1.807) is 0 Å². The van der Waals surface area contributed by atoms with Gasteiger partial charge in [0.25, 0.3) is 0 Å². The zero-order valence-corrected chi connectivity index (χ0v) is 24.6. The van der Waals surface area contributed by atoms with Gasteiger partial charge in [-0.05, 0) is 85.9 Å². The molecule has 0 aromatic carbocycles. The third-order valence-corrected chi connectivity index (χ3v) is 12.5. The van der Waals surface area contributed by atoms with Gasteiger partial charge in [0.2, 0.25) is 6.29 Å². The fourth-order valence-corrected chi connectivity index (χ4v) is 11.0. The topological polar surface area (TPSA) is 61.8 Å². The molecule has 1 saturated heterocycles. The van der Waals surface area contributed by atoms with Gasteiger partial charge in [0, 0.05) is 20.3 Å². The summed E-state index contributed by atoms with van der Waals surface area (Å²) in [6, 6.07) is 0. The third-order valence-electron chi connectivity index (χ3n) is 11.8. The Morgan fingerprint density at radius 1 is 0.973 bits per heavy atom. The molecular formula is C31H49ClO5. The van der Waals surface area contributed by atoms with Crippen molar-refractivity contribution in [2.75, 3.05) is 0 Å². The van der Waals surface area contributed by atoms with Crippen molar-refractivity contribution in [3.05, 3.63) is 0 Å². The number of carbonyl (C=O) groups is 2. The number of hydrogen-bond donors (Lipinski definition) is 0. The first-order valence-electron chi connectivity index (χ1n) is 15.1. The van der Waals surface area contributed by atoms with E-state index in [1.165, 1.54) is 52.4 Å². The minimum absolute atomic E-state index is 0.178. The maximum absolute atomic E-state index is 12.2. The summed E-state index contributed by atoms with van der Waals surface area (Å²) >= 11 is 7.64. The highest BCUT2D eigenvalue weighted by Gasteiger charge is 2.77. The van der Waals surface area contributed by atoms with Crippen molar-refractivity contribution in [2.45, 2.75) is 136 Å². The number of alkyl halides is 1. The molecule has 0 N–H and O–H groups in total. The lowest BCUT2D eigenvalue weighted by Gasteiger charge is -2.62. The summed E-state index contributed by atoms with van der Waals surface area (Å²) < 4.78 is 18.2. The molecule has 11 atom stereocenters. The molecule has 0 unspecified atom stereocenters. The average Bonchev–Trinajstić information content (AvgIpc) is 3.20. The van der Waals surface area contributed by atoms with Gasteiger partial charge in [-0.3, -0.25) is 9.59 Å². The molecule has 1 heterocycles. The van der Waals surface area contributed by atoms with Gasteiger partial charge in [0.05, 0.1) is 16.4 Å². The van der Waals surface area contributed by atoms with Crippen molar-refractivity contribution in [1.29, 1.82) is 0 Å². The van der Waals surface area contributed by atoms with Crippen LogP contribution in [0.5, 0.6) is 0 Å². The zero-order chi connectivity index (χ0) is 26.8. The lowest BCUT2D eigenvalue weighted by molar-refractivity contribution is -0.203. The van der Waals surface area contributed by atoms with E-state index in [0.29, 0.717) is 29.6 Å². The van der Waals surface area contributed by atoms with Gasteiger partial charge < -0.3 is 14.2 Å². The first kappa shape index (κ1) is 27.7. The van der Waals surface area contributed by atoms with E-state index < -0.39 is 16.6 Å². The van der Waals surface area contributed by atoms with Crippen LogP contribution in [0, 0.1) is 46.3 Å². The Hall–Kier alpha value is -0.810. The summed E-state index contributed by atoms with van der Waals surface area (Å²) in [6.07, 6.45) is 11.0. The highest BCUT2D eigenvalue weighted by molar-refractivity contribution is 6.25. The Morgan fingerprint density at radius 3 is 2.38 bits per heavy atom. The molecule has 37 heavy (non-hydrogen) atoms. The van der Waals surface area contributed by atoms with Crippen molar-refractivity contribution < 1.29 is 23.8 Å². The van der Waals surface area contributed by atoms with E-state index in [1.807, 2.05) is 0 Å². The second-order valence-electron chi connectivity index (χ2n) is 14.1. The molecule has 1 aliphatic heterocycles. The van der Waals surface area contributed by atoms with Crippen molar-refractivity contribution in [3.63, 3.8) is 0 Å². The molecule has 5 nitrogen and oxygen atoms in total. The first-order valence-corrected chi connectivity index (χ1v) is 15.5. The van der Waals surface area contributed by atoms with Crippen molar-refractivity contribution in [2.24, 2.45) is 46.3 Å². The van der Waals surface area contributed by atoms with Gasteiger partial charge in [-0.15, -0.1) is 11.6 Å². The van der Waals surface area contributed by atoms with Crippen LogP contribution >= 0.6 is 11.6 Å². The van der Waals surface area contributed by atoms with Gasteiger partial charge in [-0.25, -0.2) is 0 Å². The number of carbonyl (C=O) groups excluding carboxylic acids is 2. The second-order valence-corrected chi connectivity index (χ2v) is 14.8. The predicted octanol–water partition coefficient (Wildman–Crippen LogP) is 7.28. The second kappa shape index (κ2) is 9.98. The smallest absolute Gasteiger partial charge is 0.304 e. The molecule has 6 heteroatoms. The number of halogens is 1. The molecule has 4 aliphatic carbocycles. The molecule has 0 aromatic rings. The molecule has 0 radical (unpaired) electrons. The molecule has 0 spiro atoms. The maximum Gasteiger partial charge on any atom is 0.304 e. The van der Waals surface area contributed by atoms with Crippen LogP contribution in [0.2, 0.25) is 0 Å². The molecule has 210 valence electrons. The average molecular weight is 537 g/mol. The number of ether oxygens (including phenoxy) is 3. The SMILES string of the molecule is CC(=O)O[C@@H]1CC[C@@]23[C@H](OC(C)=O)O[C@@H](C[C@H]4[C@H]2CC[C@]2(C)[C@@H]([C@H](C)CCCC(C)C)CC[C@@H]42)[C@@]3(Cl)C1. The fraction of sp³-hybridized carbons (Fsp3) is 0.935. The van der Waals surface area contributed by atoms with E-state index in [0.717, 1.165) is 43.4 Å². The predicted molar refractivity (Wildman–Crippen MR) is 144 cm³/mol. The molecule has 4 saturated carbocycles. The van der Waals surface area contributed by atoms with Gasteiger partial charge in [0.15, 0.2) is 0 Å². The molecule has 5 aliphatic rings. The number of hydrogen-bond acceptors (Lipinski definition) is 5. The molecular weight excluding hydrogens is 488 g/mol. The van der Waals surface area contributed by atoms with E-state index in [9.17, 15) is 9.59 Å². The maximum atomic E-state index is 12.2. The van der Waals surface area contributed by atoms with E-state index in [-0.39, 0.29) is 24.1 Å². The Balaban J connectivity index is 1.41. The van der Waals surface area contributed by atoms with E-state index in [2.05, 4.69) is 27.7 Å². The standard InChI is InChI=1S/C31H49ClO5/c1-18(2)8-7-9-19(3)24-10-11-25-23-16-27-31(32)17-22(35-20(4)33)12-15-30(31,28(37-27)36-21(5)34)26(23)13-14-29(24,25)6/h18-19,22-28H,7-17H2,1-6H3/t19-,22-,23-,24-,25+,26-,27+,28-,29-,30+,31+/m1/s1. The lowest BCUT2D eigenvalue weighted by Crippen LogP contribution is -2.65. The van der Waals surface area contributed by atoms with Crippen LogP contribution in [0.4, 0.5) is 0 Å². The zero-order valence-electron chi connectivity index (χ0n) is 23.9. The fourth-order valence-electron chi connectivity index (χ4n) is 10.4. The minimum atomic E-state index is -0.664. The van der Waals surface area contributed by atoms with Crippen molar-refractivity contribution in [1.82, 2.24) is 0 Å². The van der Waals surface area contributed by atoms with E-state index >= 15 is 0 Å². The van der Waals surface area contributed by atoms with Crippen LogP contribution in [-0.2, 0) is 23.8 Å². The Bertz CT molecular complexity index is 891. The van der Waals surface area contributed by atoms with Gasteiger partial charge >= 0.3 is 11.9 Å².